The summed E-state index contributed by atoms with van der Waals surface area (Å²) in [6, 6.07) is 6.03. The van der Waals surface area contributed by atoms with E-state index >= 15 is 0 Å². The average molecular weight is 294 g/mol. The van der Waals surface area contributed by atoms with E-state index < -0.39 is 17.7 Å². The van der Waals surface area contributed by atoms with E-state index in [0.717, 1.165) is 25.7 Å². The zero-order valence-electron chi connectivity index (χ0n) is 11.7. The Balaban J connectivity index is 1.97. The maximum absolute atomic E-state index is 13.5. The number of carboxylic acid groups (broad SMARTS) is 1. The maximum Gasteiger partial charge on any atom is 0.317 e. The number of para-hydroxylation sites is 1. The van der Waals surface area contributed by atoms with E-state index in [4.69, 9.17) is 5.11 Å². The topological polar surface area (TPSA) is 69.6 Å². The molecule has 1 amide bonds. The van der Waals surface area contributed by atoms with E-state index in [9.17, 15) is 14.0 Å². The van der Waals surface area contributed by atoms with Gasteiger partial charge in [0.15, 0.2) is 0 Å². The number of carboxylic acids is 1. The van der Waals surface area contributed by atoms with Gasteiger partial charge in [0.05, 0.1) is 18.8 Å². The van der Waals surface area contributed by atoms with Gasteiger partial charge in [0, 0.05) is 6.04 Å². The van der Waals surface area contributed by atoms with Crippen molar-refractivity contribution in [2.24, 2.45) is 0 Å². The molecule has 1 aromatic rings. The molecule has 0 aliphatic heterocycles. The Morgan fingerprint density at radius 1 is 1.24 bits per heavy atom. The fourth-order valence-corrected chi connectivity index (χ4v) is 2.69. The molecule has 1 aromatic carbocycles. The zero-order valence-corrected chi connectivity index (χ0v) is 11.7. The van der Waals surface area contributed by atoms with Gasteiger partial charge in [-0.05, 0) is 25.0 Å². The average Bonchev–Trinajstić information content (AvgIpc) is 2.94. The minimum atomic E-state index is -0.958. The van der Waals surface area contributed by atoms with E-state index in [-0.39, 0.29) is 24.8 Å². The molecule has 1 aliphatic carbocycles. The molecule has 1 aliphatic rings. The van der Waals surface area contributed by atoms with Crippen molar-refractivity contribution < 1.29 is 19.1 Å². The molecular weight excluding hydrogens is 275 g/mol. The Bertz CT molecular complexity index is 515. The van der Waals surface area contributed by atoms with Gasteiger partial charge < -0.3 is 10.4 Å². The van der Waals surface area contributed by atoms with Crippen LogP contribution < -0.4 is 5.32 Å². The van der Waals surface area contributed by atoms with Gasteiger partial charge in [0.2, 0.25) is 5.91 Å². The fourth-order valence-electron chi connectivity index (χ4n) is 2.69. The van der Waals surface area contributed by atoms with Crippen LogP contribution in [0.25, 0.3) is 0 Å². The Kier molecular flexibility index (Phi) is 5.27. The summed E-state index contributed by atoms with van der Waals surface area (Å²) in [5, 5.41) is 11.4. The van der Waals surface area contributed by atoms with Crippen molar-refractivity contribution in [3.8, 4) is 0 Å². The Hall–Kier alpha value is -1.95. The highest BCUT2D eigenvalue weighted by Crippen LogP contribution is 2.23. The monoisotopic (exact) mass is 294 g/mol. The predicted molar refractivity (Wildman–Crippen MR) is 76.5 cm³/mol. The first-order chi connectivity index (χ1) is 10.1. The molecule has 2 rings (SSSR count). The first-order valence-electron chi connectivity index (χ1n) is 7.06. The molecule has 2 N–H and O–H groups in total. The first-order valence-corrected chi connectivity index (χ1v) is 7.06. The van der Waals surface area contributed by atoms with Crippen LogP contribution in [0.4, 0.5) is 10.1 Å². The summed E-state index contributed by atoms with van der Waals surface area (Å²) >= 11 is 0. The lowest BCUT2D eigenvalue weighted by Gasteiger charge is -2.26. The highest BCUT2D eigenvalue weighted by atomic mass is 19.1. The quantitative estimate of drug-likeness (QED) is 0.843. The van der Waals surface area contributed by atoms with Crippen LogP contribution in [-0.2, 0) is 9.59 Å². The van der Waals surface area contributed by atoms with E-state index in [1.165, 1.54) is 12.1 Å². The molecule has 0 aromatic heterocycles. The molecule has 0 atom stereocenters. The van der Waals surface area contributed by atoms with Crippen molar-refractivity contribution in [2.45, 2.75) is 31.7 Å². The summed E-state index contributed by atoms with van der Waals surface area (Å²) in [6.07, 6.45) is 3.91. The summed E-state index contributed by atoms with van der Waals surface area (Å²) in [5.41, 5.74) is 0.115. The third kappa shape index (κ3) is 4.53. The van der Waals surface area contributed by atoms with E-state index in [2.05, 4.69) is 5.32 Å². The number of carbonyl (C=O) groups is 2. The van der Waals surface area contributed by atoms with E-state index in [1.807, 2.05) is 0 Å². The molecule has 21 heavy (non-hydrogen) atoms. The second-order valence-electron chi connectivity index (χ2n) is 5.27. The van der Waals surface area contributed by atoms with Crippen molar-refractivity contribution in [3.05, 3.63) is 30.1 Å². The van der Waals surface area contributed by atoms with Crippen LogP contribution in [0.1, 0.15) is 25.7 Å². The third-order valence-electron chi connectivity index (χ3n) is 3.67. The summed E-state index contributed by atoms with van der Waals surface area (Å²) in [4.78, 5) is 24.6. The SMILES string of the molecule is O=C(O)CN(CC(=O)Nc1ccccc1F)C1CCCC1. The van der Waals surface area contributed by atoms with Crippen molar-refractivity contribution in [1.29, 1.82) is 0 Å². The zero-order chi connectivity index (χ0) is 15.2. The van der Waals surface area contributed by atoms with Crippen molar-refractivity contribution in [2.75, 3.05) is 18.4 Å². The number of benzene rings is 1. The Morgan fingerprint density at radius 2 is 1.90 bits per heavy atom. The largest absolute Gasteiger partial charge is 0.480 e. The summed E-state index contributed by atoms with van der Waals surface area (Å²) < 4.78 is 13.5. The number of hydrogen-bond acceptors (Lipinski definition) is 3. The van der Waals surface area contributed by atoms with Crippen molar-refractivity contribution in [3.63, 3.8) is 0 Å². The summed E-state index contributed by atoms with van der Waals surface area (Å²) in [5.74, 6) is -1.86. The highest BCUT2D eigenvalue weighted by molar-refractivity contribution is 5.92. The fraction of sp³-hybridized carbons (Fsp3) is 0.467. The summed E-state index contributed by atoms with van der Waals surface area (Å²) in [6.45, 7) is -0.208. The minimum absolute atomic E-state index is 0.0364. The van der Waals surface area contributed by atoms with Crippen LogP contribution in [0.2, 0.25) is 0 Å². The number of hydrogen-bond donors (Lipinski definition) is 2. The number of amides is 1. The van der Waals surface area contributed by atoms with Gasteiger partial charge in [-0.25, -0.2) is 4.39 Å². The highest BCUT2D eigenvalue weighted by Gasteiger charge is 2.26. The number of halogens is 1. The second-order valence-corrected chi connectivity index (χ2v) is 5.27. The van der Waals surface area contributed by atoms with Gasteiger partial charge in [-0.15, -0.1) is 0 Å². The number of carbonyl (C=O) groups excluding carboxylic acids is 1. The Morgan fingerprint density at radius 3 is 2.52 bits per heavy atom. The van der Waals surface area contributed by atoms with Gasteiger partial charge in [0.1, 0.15) is 5.82 Å². The molecule has 114 valence electrons. The first kappa shape index (κ1) is 15.4. The Labute approximate surface area is 122 Å². The van der Waals surface area contributed by atoms with Gasteiger partial charge in [-0.3, -0.25) is 14.5 Å². The number of anilines is 1. The number of nitrogens with zero attached hydrogens (tertiary/aromatic N) is 1. The maximum atomic E-state index is 13.5. The lowest BCUT2D eigenvalue weighted by molar-refractivity contribution is -0.139. The molecule has 0 saturated heterocycles. The molecule has 5 nitrogen and oxygen atoms in total. The number of aliphatic carboxylic acids is 1. The summed E-state index contributed by atoms with van der Waals surface area (Å²) in [7, 11) is 0. The molecule has 6 heteroatoms. The normalized spacial score (nSPS) is 15.3. The molecule has 0 bridgehead atoms. The molecular formula is C15H19FN2O3. The minimum Gasteiger partial charge on any atom is -0.480 e. The van der Waals surface area contributed by atoms with Crippen molar-refractivity contribution >= 4 is 17.6 Å². The van der Waals surface area contributed by atoms with Gasteiger partial charge in [-0.1, -0.05) is 25.0 Å². The predicted octanol–water partition coefficient (Wildman–Crippen LogP) is 2.09. The van der Waals surface area contributed by atoms with Gasteiger partial charge in [-0.2, -0.15) is 0 Å². The van der Waals surface area contributed by atoms with Crippen LogP contribution in [0.5, 0.6) is 0 Å². The standard InChI is InChI=1S/C15H19FN2O3/c16-12-7-3-4-8-13(12)17-14(19)9-18(10-15(20)21)11-5-1-2-6-11/h3-4,7-8,11H,1-2,5-6,9-10H2,(H,17,19)(H,20,21). The van der Waals surface area contributed by atoms with Crippen LogP contribution in [0, 0.1) is 5.82 Å². The molecule has 0 unspecified atom stereocenters. The van der Waals surface area contributed by atoms with E-state index in [1.54, 1.807) is 17.0 Å². The van der Waals surface area contributed by atoms with Crippen LogP contribution >= 0.6 is 0 Å². The van der Waals surface area contributed by atoms with Crippen LogP contribution in [0.3, 0.4) is 0 Å². The smallest absolute Gasteiger partial charge is 0.317 e. The van der Waals surface area contributed by atoms with Crippen LogP contribution in [0.15, 0.2) is 24.3 Å². The van der Waals surface area contributed by atoms with Gasteiger partial charge >= 0.3 is 5.97 Å². The van der Waals surface area contributed by atoms with Crippen molar-refractivity contribution in [1.82, 2.24) is 4.90 Å². The molecule has 0 heterocycles. The third-order valence-corrected chi connectivity index (χ3v) is 3.67. The van der Waals surface area contributed by atoms with E-state index in [0.29, 0.717) is 0 Å². The molecule has 0 radical (unpaired) electrons. The van der Waals surface area contributed by atoms with Crippen LogP contribution in [-0.4, -0.2) is 41.0 Å². The lowest BCUT2D eigenvalue weighted by Crippen LogP contribution is -2.42. The lowest BCUT2D eigenvalue weighted by atomic mass is 10.2. The molecule has 1 saturated carbocycles. The second kappa shape index (κ2) is 7.17. The number of nitrogens with one attached hydrogen (secondary N) is 1. The van der Waals surface area contributed by atoms with Gasteiger partial charge in [0.25, 0.3) is 0 Å². The number of rotatable bonds is 6. The molecule has 1 fully saturated rings. The molecule has 0 spiro atoms.